The van der Waals surface area contributed by atoms with E-state index in [2.05, 4.69) is 0 Å². The Hall–Kier alpha value is -2.43. The van der Waals surface area contributed by atoms with Crippen molar-refractivity contribution in [3.63, 3.8) is 0 Å². The minimum absolute atomic E-state index is 0.0833. The van der Waals surface area contributed by atoms with Crippen LogP contribution in [0.25, 0.3) is 0 Å². The molecule has 110 valence electrons. The molecule has 0 radical (unpaired) electrons. The number of hydrogen-bond acceptors (Lipinski definition) is 5. The van der Waals surface area contributed by atoms with Gasteiger partial charge in [0.2, 0.25) is 0 Å². The van der Waals surface area contributed by atoms with Gasteiger partial charge in [-0.25, -0.2) is 0 Å². The Balaban J connectivity index is 2.62. The molecule has 0 spiro atoms. The minimum Gasteiger partial charge on any atom is -0.468 e. The lowest BCUT2D eigenvalue weighted by Crippen LogP contribution is -2.44. The Bertz CT molecular complexity index is 572. The number of carbonyl (C=O) groups excluding carboxylic acids is 3. The molecule has 0 N–H and O–H groups in total. The first-order valence-corrected chi connectivity index (χ1v) is 6.48. The molecule has 0 saturated carbocycles. The molecule has 1 aliphatic rings. The molecule has 1 atom stereocenters. The average Bonchev–Trinajstić information content (AvgIpc) is 2.94. The summed E-state index contributed by atoms with van der Waals surface area (Å²) >= 11 is 0. The number of rotatable bonds is 4. The normalized spacial score (nSPS) is 19.5. The van der Waals surface area contributed by atoms with Gasteiger partial charge in [0.05, 0.1) is 14.2 Å². The standard InChI is InChI=1S/C16H16O5/c1-20-14(18)16(15(19)21-2)9-8-12(10-17)13(16)11-6-4-3-5-7-11/h3-8,10,13H,9H2,1-2H3/t13-/m1/s1. The lowest BCUT2D eigenvalue weighted by molar-refractivity contribution is -0.169. The zero-order chi connectivity index (χ0) is 15.5. The summed E-state index contributed by atoms with van der Waals surface area (Å²) in [6, 6.07) is 8.94. The van der Waals surface area contributed by atoms with Crippen molar-refractivity contribution in [3.05, 3.63) is 47.5 Å². The molecule has 0 heterocycles. The van der Waals surface area contributed by atoms with E-state index in [-0.39, 0.29) is 6.42 Å². The molecule has 2 rings (SSSR count). The first kappa shape index (κ1) is 15.0. The lowest BCUT2D eigenvalue weighted by atomic mass is 9.71. The molecule has 0 aromatic heterocycles. The van der Waals surface area contributed by atoms with E-state index in [1.807, 2.05) is 6.07 Å². The van der Waals surface area contributed by atoms with Crippen LogP contribution in [0.2, 0.25) is 0 Å². The van der Waals surface area contributed by atoms with E-state index < -0.39 is 23.3 Å². The van der Waals surface area contributed by atoms with Crippen LogP contribution >= 0.6 is 0 Å². The number of benzene rings is 1. The predicted molar refractivity (Wildman–Crippen MR) is 74.4 cm³/mol. The molecule has 1 aromatic carbocycles. The van der Waals surface area contributed by atoms with Crippen LogP contribution in [0.3, 0.4) is 0 Å². The van der Waals surface area contributed by atoms with Crippen LogP contribution in [0.15, 0.2) is 42.0 Å². The number of carbonyl (C=O) groups is 3. The molecule has 21 heavy (non-hydrogen) atoms. The Labute approximate surface area is 122 Å². The summed E-state index contributed by atoms with van der Waals surface area (Å²) in [7, 11) is 2.43. The largest absolute Gasteiger partial charge is 0.468 e. The zero-order valence-electron chi connectivity index (χ0n) is 11.9. The quantitative estimate of drug-likeness (QED) is 0.478. The first-order chi connectivity index (χ1) is 10.1. The monoisotopic (exact) mass is 288 g/mol. The van der Waals surface area contributed by atoms with Crippen LogP contribution in [0.1, 0.15) is 17.9 Å². The van der Waals surface area contributed by atoms with Crippen molar-refractivity contribution in [1.29, 1.82) is 0 Å². The van der Waals surface area contributed by atoms with Gasteiger partial charge in [-0.3, -0.25) is 14.4 Å². The van der Waals surface area contributed by atoms with Gasteiger partial charge < -0.3 is 9.47 Å². The maximum atomic E-state index is 12.3. The van der Waals surface area contributed by atoms with Crippen LogP contribution in [0, 0.1) is 5.41 Å². The SMILES string of the molecule is COC(=O)C1(C(=O)OC)CC=C(C=O)[C@H]1c1ccccc1. The number of allylic oxidation sites excluding steroid dienone is 2. The third-order valence-electron chi connectivity index (χ3n) is 3.85. The molecular weight excluding hydrogens is 272 g/mol. The van der Waals surface area contributed by atoms with Gasteiger partial charge in [0.15, 0.2) is 5.41 Å². The summed E-state index contributed by atoms with van der Waals surface area (Å²) in [5.74, 6) is -2.09. The second-order valence-corrected chi connectivity index (χ2v) is 4.82. The van der Waals surface area contributed by atoms with Crippen molar-refractivity contribution < 1.29 is 23.9 Å². The van der Waals surface area contributed by atoms with Crippen molar-refractivity contribution in [3.8, 4) is 0 Å². The van der Waals surface area contributed by atoms with E-state index in [0.29, 0.717) is 17.4 Å². The Morgan fingerprint density at radius 2 is 1.71 bits per heavy atom. The van der Waals surface area contributed by atoms with Gasteiger partial charge >= 0.3 is 11.9 Å². The lowest BCUT2D eigenvalue weighted by Gasteiger charge is -2.31. The molecule has 0 saturated heterocycles. The van der Waals surface area contributed by atoms with Crippen molar-refractivity contribution in [2.45, 2.75) is 12.3 Å². The number of esters is 2. The highest BCUT2D eigenvalue weighted by atomic mass is 16.5. The summed E-state index contributed by atoms with van der Waals surface area (Å²) in [6.45, 7) is 0. The Morgan fingerprint density at radius 1 is 1.14 bits per heavy atom. The third kappa shape index (κ3) is 2.24. The van der Waals surface area contributed by atoms with E-state index >= 15 is 0 Å². The molecular formula is C16H16O5. The second-order valence-electron chi connectivity index (χ2n) is 4.82. The van der Waals surface area contributed by atoms with E-state index in [4.69, 9.17) is 9.47 Å². The van der Waals surface area contributed by atoms with Crippen molar-refractivity contribution in [2.24, 2.45) is 5.41 Å². The van der Waals surface area contributed by atoms with Gasteiger partial charge in [0, 0.05) is 5.92 Å². The summed E-state index contributed by atoms with van der Waals surface area (Å²) in [4.78, 5) is 35.9. The van der Waals surface area contributed by atoms with E-state index in [9.17, 15) is 14.4 Å². The highest BCUT2D eigenvalue weighted by Gasteiger charge is 2.58. The smallest absolute Gasteiger partial charge is 0.324 e. The fourth-order valence-corrected chi connectivity index (χ4v) is 2.89. The van der Waals surface area contributed by atoms with Gasteiger partial charge in [-0.15, -0.1) is 0 Å². The summed E-state index contributed by atoms with van der Waals surface area (Å²) in [6.07, 6.45) is 2.35. The highest BCUT2D eigenvalue weighted by Crippen LogP contribution is 2.50. The molecule has 0 amide bonds. The van der Waals surface area contributed by atoms with Gasteiger partial charge in [-0.1, -0.05) is 36.4 Å². The van der Waals surface area contributed by atoms with Crippen molar-refractivity contribution in [2.75, 3.05) is 14.2 Å². The molecule has 0 bridgehead atoms. The van der Waals surface area contributed by atoms with Crippen LogP contribution < -0.4 is 0 Å². The highest BCUT2D eigenvalue weighted by molar-refractivity contribution is 6.04. The van der Waals surface area contributed by atoms with E-state index in [0.717, 1.165) is 0 Å². The fourth-order valence-electron chi connectivity index (χ4n) is 2.89. The summed E-state index contributed by atoms with van der Waals surface area (Å²) in [5, 5.41) is 0. The number of aldehydes is 1. The zero-order valence-corrected chi connectivity index (χ0v) is 11.9. The van der Waals surface area contributed by atoms with Crippen LogP contribution in [-0.4, -0.2) is 32.4 Å². The van der Waals surface area contributed by atoms with Crippen LogP contribution in [0.4, 0.5) is 0 Å². The summed E-state index contributed by atoms with van der Waals surface area (Å²) in [5.41, 5.74) is -0.456. The third-order valence-corrected chi connectivity index (χ3v) is 3.85. The molecule has 0 aliphatic heterocycles. The summed E-state index contributed by atoms with van der Waals surface area (Å²) < 4.78 is 9.63. The molecule has 0 fully saturated rings. The van der Waals surface area contributed by atoms with Gasteiger partial charge in [-0.2, -0.15) is 0 Å². The van der Waals surface area contributed by atoms with Gasteiger partial charge in [-0.05, 0) is 17.6 Å². The van der Waals surface area contributed by atoms with Crippen LogP contribution in [-0.2, 0) is 23.9 Å². The number of ether oxygens (including phenoxy) is 2. The molecule has 1 aromatic rings. The van der Waals surface area contributed by atoms with Crippen LogP contribution in [0.5, 0.6) is 0 Å². The topological polar surface area (TPSA) is 69.7 Å². The maximum Gasteiger partial charge on any atom is 0.324 e. The average molecular weight is 288 g/mol. The number of hydrogen-bond donors (Lipinski definition) is 0. The first-order valence-electron chi connectivity index (χ1n) is 6.48. The maximum absolute atomic E-state index is 12.3. The van der Waals surface area contributed by atoms with E-state index in [1.165, 1.54) is 14.2 Å². The van der Waals surface area contributed by atoms with Gasteiger partial charge in [0.1, 0.15) is 6.29 Å². The Morgan fingerprint density at radius 3 is 2.19 bits per heavy atom. The fraction of sp³-hybridized carbons (Fsp3) is 0.312. The van der Waals surface area contributed by atoms with Crippen molar-refractivity contribution in [1.82, 2.24) is 0 Å². The number of methoxy groups -OCH3 is 2. The van der Waals surface area contributed by atoms with E-state index in [1.54, 1.807) is 30.3 Å². The molecule has 5 heteroatoms. The molecule has 1 aliphatic carbocycles. The second kappa shape index (κ2) is 5.91. The van der Waals surface area contributed by atoms with Gasteiger partial charge in [0.25, 0.3) is 0 Å². The molecule has 5 nitrogen and oxygen atoms in total. The van der Waals surface area contributed by atoms with Crippen molar-refractivity contribution >= 4 is 18.2 Å². The predicted octanol–water partition coefficient (Wildman–Crippen LogP) is 1.63. The minimum atomic E-state index is -1.54. The molecule has 0 unspecified atom stereocenters. The Kier molecular flexibility index (Phi) is 4.21.